The molecule has 0 bridgehead atoms. The Morgan fingerprint density at radius 2 is 0.833 bits per heavy atom. The second-order valence-electron chi connectivity index (χ2n) is 12.6. The molecule has 1 aromatic carbocycles. The summed E-state index contributed by atoms with van der Waals surface area (Å²) >= 11 is 0. The molecule has 1 N–H and O–H groups in total. The molecule has 1 rings (SSSR count). The van der Waals surface area contributed by atoms with E-state index in [0.717, 1.165) is 18.4 Å². The molecule has 0 spiro atoms. The van der Waals surface area contributed by atoms with E-state index in [2.05, 4.69) is 6.92 Å². The average Bonchev–Trinajstić information content (AvgIpc) is 3.00. The highest BCUT2D eigenvalue weighted by atomic mass is 16.5. The maximum absolute atomic E-state index is 11.8. The molecule has 0 atom stereocenters. The van der Waals surface area contributed by atoms with Gasteiger partial charge < -0.3 is 9.84 Å². The fourth-order valence-electron chi connectivity index (χ4n) is 5.74. The first-order valence-electron chi connectivity index (χ1n) is 18.4. The van der Waals surface area contributed by atoms with Gasteiger partial charge in [0.25, 0.3) is 0 Å². The third kappa shape index (κ3) is 27.1. The number of benzene rings is 1. The zero-order chi connectivity index (χ0) is 30.2. The van der Waals surface area contributed by atoms with Crippen molar-refractivity contribution in [2.75, 3.05) is 6.61 Å². The molecule has 0 aliphatic heterocycles. The predicted molar refractivity (Wildman–Crippen MR) is 183 cm³/mol. The number of phenolic OH excluding ortho intramolecular Hbond substituents is 1. The van der Waals surface area contributed by atoms with E-state index < -0.39 is 0 Å². The van der Waals surface area contributed by atoms with Gasteiger partial charge in [-0.25, -0.2) is 4.79 Å². The van der Waals surface area contributed by atoms with E-state index in [1.54, 1.807) is 30.3 Å². The van der Waals surface area contributed by atoms with Gasteiger partial charge >= 0.3 is 5.97 Å². The lowest BCUT2D eigenvalue weighted by atomic mass is 10.0. The highest BCUT2D eigenvalue weighted by Crippen LogP contribution is 2.16. The van der Waals surface area contributed by atoms with E-state index in [9.17, 15) is 9.90 Å². The highest BCUT2D eigenvalue weighted by molar-refractivity contribution is 5.87. The molecule has 0 aliphatic carbocycles. The fraction of sp³-hybridized carbons (Fsp3) is 0.769. The molecular formula is C39H68O3. The van der Waals surface area contributed by atoms with Gasteiger partial charge in [-0.3, -0.25) is 0 Å². The van der Waals surface area contributed by atoms with E-state index in [1.807, 2.05) is 0 Å². The first-order valence-corrected chi connectivity index (χ1v) is 18.4. The maximum atomic E-state index is 11.8. The molecule has 0 aromatic heterocycles. The molecule has 42 heavy (non-hydrogen) atoms. The van der Waals surface area contributed by atoms with E-state index in [1.165, 1.54) is 173 Å². The van der Waals surface area contributed by atoms with Crippen molar-refractivity contribution in [1.82, 2.24) is 0 Å². The monoisotopic (exact) mass is 585 g/mol. The number of esters is 1. The SMILES string of the molecule is CCCCCCCCCCCCCCCCCCCCCCCCCCCCCCOC(=O)/C=C/c1ccc(O)cc1. The topological polar surface area (TPSA) is 46.5 Å². The van der Waals surface area contributed by atoms with Crippen molar-refractivity contribution in [1.29, 1.82) is 0 Å². The van der Waals surface area contributed by atoms with Gasteiger partial charge in [0.15, 0.2) is 0 Å². The van der Waals surface area contributed by atoms with Crippen molar-refractivity contribution in [2.24, 2.45) is 0 Å². The fourth-order valence-corrected chi connectivity index (χ4v) is 5.74. The lowest BCUT2D eigenvalue weighted by Gasteiger charge is -2.05. The normalized spacial score (nSPS) is 11.5. The van der Waals surface area contributed by atoms with Gasteiger partial charge in [0.2, 0.25) is 0 Å². The molecule has 1 aromatic rings. The van der Waals surface area contributed by atoms with Crippen LogP contribution < -0.4 is 0 Å². The number of ether oxygens (including phenoxy) is 1. The quantitative estimate of drug-likeness (QED) is 0.0536. The predicted octanol–water partition coefficient (Wildman–Crippen LogP) is 12.9. The van der Waals surface area contributed by atoms with Crippen molar-refractivity contribution in [3.63, 3.8) is 0 Å². The number of unbranched alkanes of at least 4 members (excludes halogenated alkanes) is 27. The van der Waals surface area contributed by atoms with Crippen LogP contribution in [0.4, 0.5) is 0 Å². The molecule has 0 saturated carbocycles. The summed E-state index contributed by atoms with van der Waals surface area (Å²) in [5.41, 5.74) is 0.871. The van der Waals surface area contributed by atoms with Crippen LogP contribution in [0.15, 0.2) is 30.3 Å². The summed E-state index contributed by atoms with van der Waals surface area (Å²) in [7, 11) is 0. The van der Waals surface area contributed by atoms with Crippen LogP contribution in [0.3, 0.4) is 0 Å². The third-order valence-electron chi connectivity index (χ3n) is 8.55. The summed E-state index contributed by atoms with van der Waals surface area (Å²) in [6.07, 6.45) is 42.3. The smallest absolute Gasteiger partial charge is 0.330 e. The minimum Gasteiger partial charge on any atom is -0.508 e. The van der Waals surface area contributed by atoms with E-state index in [4.69, 9.17) is 4.74 Å². The van der Waals surface area contributed by atoms with Crippen LogP contribution in [0.25, 0.3) is 6.08 Å². The molecule has 0 radical (unpaired) electrons. The van der Waals surface area contributed by atoms with Crippen molar-refractivity contribution in [2.45, 2.75) is 187 Å². The van der Waals surface area contributed by atoms with Crippen molar-refractivity contribution < 1.29 is 14.6 Å². The second-order valence-corrected chi connectivity index (χ2v) is 12.6. The standard InChI is InChI=1S/C39H68O3/c1-2-3-4-5-6-7-8-9-10-11-12-13-14-15-16-17-18-19-20-21-22-23-24-25-26-27-28-29-36-42-39(41)35-32-37-30-33-38(40)34-31-37/h30-35,40H,2-29,36H2,1H3/b35-32+. The summed E-state index contributed by atoms with van der Waals surface area (Å²) < 4.78 is 5.27. The number of hydrogen-bond donors (Lipinski definition) is 1. The van der Waals surface area contributed by atoms with Crippen LogP contribution in [0.1, 0.15) is 192 Å². The van der Waals surface area contributed by atoms with Crippen LogP contribution >= 0.6 is 0 Å². The third-order valence-corrected chi connectivity index (χ3v) is 8.55. The van der Waals surface area contributed by atoms with Gasteiger partial charge in [0, 0.05) is 6.08 Å². The van der Waals surface area contributed by atoms with E-state index in [0.29, 0.717) is 6.61 Å². The van der Waals surface area contributed by atoms with Crippen LogP contribution in [-0.2, 0) is 9.53 Å². The molecule has 3 heteroatoms. The van der Waals surface area contributed by atoms with Gasteiger partial charge in [0.1, 0.15) is 5.75 Å². The summed E-state index contributed by atoms with van der Waals surface area (Å²) in [6.45, 7) is 2.80. The van der Waals surface area contributed by atoms with Gasteiger partial charge in [-0.2, -0.15) is 0 Å². The molecular weight excluding hydrogens is 516 g/mol. The van der Waals surface area contributed by atoms with Gasteiger partial charge in [-0.15, -0.1) is 0 Å². The van der Waals surface area contributed by atoms with Crippen molar-refractivity contribution in [3.05, 3.63) is 35.9 Å². The Balaban J connectivity index is 1.69. The first-order chi connectivity index (χ1) is 20.7. The molecule has 0 amide bonds. The Hall–Kier alpha value is -1.77. The lowest BCUT2D eigenvalue weighted by molar-refractivity contribution is -0.137. The van der Waals surface area contributed by atoms with Crippen molar-refractivity contribution >= 4 is 12.0 Å². The molecule has 3 nitrogen and oxygen atoms in total. The largest absolute Gasteiger partial charge is 0.508 e. The van der Waals surface area contributed by atoms with Crippen LogP contribution in [0, 0.1) is 0 Å². The summed E-state index contributed by atoms with van der Waals surface area (Å²) in [5, 5.41) is 9.28. The van der Waals surface area contributed by atoms with Crippen LogP contribution in [-0.4, -0.2) is 17.7 Å². The van der Waals surface area contributed by atoms with Crippen LogP contribution in [0.2, 0.25) is 0 Å². The maximum Gasteiger partial charge on any atom is 0.330 e. The lowest BCUT2D eigenvalue weighted by Crippen LogP contribution is -2.02. The number of phenols is 1. The zero-order valence-electron chi connectivity index (χ0n) is 27.7. The highest BCUT2D eigenvalue weighted by Gasteiger charge is 1.99. The van der Waals surface area contributed by atoms with E-state index in [-0.39, 0.29) is 11.7 Å². The number of carbonyl (C=O) groups is 1. The molecule has 0 aliphatic rings. The Labute approximate surface area is 261 Å². The zero-order valence-corrected chi connectivity index (χ0v) is 27.7. The van der Waals surface area contributed by atoms with E-state index >= 15 is 0 Å². The molecule has 0 fully saturated rings. The number of aromatic hydroxyl groups is 1. The average molecular weight is 585 g/mol. The molecule has 0 saturated heterocycles. The Bertz CT molecular complexity index is 724. The summed E-state index contributed by atoms with van der Waals surface area (Å²) in [5.74, 6) is -0.0751. The van der Waals surface area contributed by atoms with Gasteiger partial charge in [-0.1, -0.05) is 192 Å². The minimum absolute atomic E-state index is 0.223. The summed E-state index contributed by atoms with van der Waals surface area (Å²) in [4.78, 5) is 11.8. The van der Waals surface area contributed by atoms with Gasteiger partial charge in [0.05, 0.1) is 6.61 Å². The molecule has 242 valence electrons. The molecule has 0 unspecified atom stereocenters. The van der Waals surface area contributed by atoms with Gasteiger partial charge in [-0.05, 0) is 30.2 Å². The number of hydrogen-bond acceptors (Lipinski definition) is 3. The molecule has 0 heterocycles. The first kappa shape index (κ1) is 38.3. The Morgan fingerprint density at radius 1 is 0.524 bits per heavy atom. The van der Waals surface area contributed by atoms with Crippen LogP contribution in [0.5, 0.6) is 5.75 Å². The Kier molecular flexibility index (Phi) is 27.9. The summed E-state index contributed by atoms with van der Waals surface area (Å²) in [6, 6.07) is 6.74. The number of carbonyl (C=O) groups excluding carboxylic acids is 1. The Morgan fingerprint density at radius 3 is 1.17 bits per heavy atom. The minimum atomic E-state index is -0.298. The van der Waals surface area contributed by atoms with Crippen molar-refractivity contribution in [3.8, 4) is 5.75 Å². The second kappa shape index (κ2) is 30.7. The number of rotatable bonds is 31.